The van der Waals surface area contributed by atoms with Crippen LogP contribution in [0, 0.1) is 0 Å². The van der Waals surface area contributed by atoms with Crippen molar-refractivity contribution in [3.05, 3.63) is 47.8 Å². The van der Waals surface area contributed by atoms with Crippen molar-refractivity contribution < 1.29 is 18.0 Å². The summed E-state index contributed by atoms with van der Waals surface area (Å²) in [6, 6.07) is 7.96. The van der Waals surface area contributed by atoms with E-state index in [1.165, 1.54) is 12.3 Å². The van der Waals surface area contributed by atoms with Gasteiger partial charge in [-0.2, -0.15) is 0 Å². The van der Waals surface area contributed by atoms with E-state index in [1.807, 2.05) is 0 Å². The molecule has 2 aromatic rings. The zero-order valence-electron chi connectivity index (χ0n) is 16.8. The molecule has 2 saturated heterocycles. The number of aromatic amines is 1. The monoisotopic (exact) mass is 430 g/mol. The third kappa shape index (κ3) is 4.21. The first-order chi connectivity index (χ1) is 14.5. The molecule has 9 heteroatoms. The van der Waals surface area contributed by atoms with Crippen LogP contribution < -0.4 is 4.72 Å². The quantitative estimate of drug-likeness (QED) is 0.761. The van der Waals surface area contributed by atoms with Gasteiger partial charge in [0.25, 0.3) is 21.8 Å². The molecule has 30 heavy (non-hydrogen) atoms. The number of anilines is 1. The van der Waals surface area contributed by atoms with E-state index in [2.05, 4.69) is 9.71 Å². The minimum absolute atomic E-state index is 0.0368. The molecule has 2 aliphatic heterocycles. The molecule has 2 N–H and O–H groups in total. The molecule has 1 aromatic carbocycles. The molecule has 0 aliphatic carbocycles. The van der Waals surface area contributed by atoms with Crippen LogP contribution in [0.3, 0.4) is 0 Å². The van der Waals surface area contributed by atoms with Gasteiger partial charge in [0.1, 0.15) is 10.6 Å². The van der Waals surface area contributed by atoms with E-state index in [0.29, 0.717) is 31.7 Å². The van der Waals surface area contributed by atoms with Crippen LogP contribution in [0.2, 0.25) is 0 Å². The predicted octanol–water partition coefficient (Wildman–Crippen LogP) is 2.68. The van der Waals surface area contributed by atoms with E-state index in [0.717, 1.165) is 32.1 Å². The number of aromatic nitrogens is 1. The van der Waals surface area contributed by atoms with Crippen LogP contribution in [0.15, 0.2) is 41.4 Å². The minimum atomic E-state index is -3.96. The zero-order chi connectivity index (χ0) is 21.1. The number of likely N-dealkylation sites (tertiary alicyclic amines) is 2. The number of carbonyl (C=O) groups excluding carboxylic acids is 2. The lowest BCUT2D eigenvalue weighted by Crippen LogP contribution is -2.36. The maximum atomic E-state index is 12.9. The molecule has 0 spiro atoms. The van der Waals surface area contributed by atoms with Crippen LogP contribution in [0.1, 0.15) is 53.0 Å². The van der Waals surface area contributed by atoms with Gasteiger partial charge in [-0.1, -0.05) is 12.1 Å². The first-order valence-electron chi connectivity index (χ1n) is 10.3. The van der Waals surface area contributed by atoms with E-state index in [-0.39, 0.29) is 28.1 Å². The van der Waals surface area contributed by atoms with Gasteiger partial charge in [-0.3, -0.25) is 14.3 Å². The van der Waals surface area contributed by atoms with Gasteiger partial charge in [-0.25, -0.2) is 8.42 Å². The number of H-pyrrole nitrogens is 1. The summed E-state index contributed by atoms with van der Waals surface area (Å²) in [5.41, 5.74) is 0.809. The number of amides is 2. The number of sulfonamides is 1. The number of para-hydroxylation sites is 1. The summed E-state index contributed by atoms with van der Waals surface area (Å²) in [7, 11) is -3.96. The highest BCUT2D eigenvalue weighted by Crippen LogP contribution is 2.24. The Morgan fingerprint density at radius 2 is 1.47 bits per heavy atom. The highest BCUT2D eigenvalue weighted by molar-refractivity contribution is 7.92. The van der Waals surface area contributed by atoms with Crippen molar-refractivity contribution in [3.63, 3.8) is 0 Å². The average Bonchev–Trinajstić information content (AvgIpc) is 3.46. The van der Waals surface area contributed by atoms with Crippen LogP contribution in [-0.2, 0) is 10.0 Å². The second kappa shape index (κ2) is 8.51. The molecule has 1 aromatic heterocycles. The Bertz CT molecular complexity index is 1030. The number of hydrogen-bond acceptors (Lipinski definition) is 4. The normalized spacial score (nSPS) is 17.2. The fraction of sp³-hybridized carbons (Fsp3) is 0.429. The highest BCUT2D eigenvalue weighted by Gasteiger charge is 2.26. The van der Waals surface area contributed by atoms with Gasteiger partial charge in [-0.15, -0.1) is 0 Å². The number of nitrogens with one attached hydrogen (secondary N) is 2. The van der Waals surface area contributed by atoms with Crippen molar-refractivity contribution in [2.24, 2.45) is 0 Å². The maximum absolute atomic E-state index is 12.9. The first-order valence-corrected chi connectivity index (χ1v) is 11.8. The summed E-state index contributed by atoms with van der Waals surface area (Å²) in [6.07, 6.45) is 6.24. The lowest BCUT2D eigenvalue weighted by Gasteiger charge is -2.27. The molecule has 0 unspecified atom stereocenters. The van der Waals surface area contributed by atoms with Gasteiger partial charge in [-0.05, 0) is 50.3 Å². The number of piperidine rings is 1. The van der Waals surface area contributed by atoms with Crippen molar-refractivity contribution in [1.29, 1.82) is 0 Å². The van der Waals surface area contributed by atoms with E-state index in [1.54, 1.807) is 34.1 Å². The Balaban J connectivity index is 1.54. The molecule has 160 valence electrons. The molecule has 0 saturated carbocycles. The Morgan fingerprint density at radius 1 is 0.867 bits per heavy atom. The lowest BCUT2D eigenvalue weighted by molar-refractivity contribution is 0.0724. The van der Waals surface area contributed by atoms with Crippen LogP contribution in [0.4, 0.5) is 5.69 Å². The summed E-state index contributed by atoms with van der Waals surface area (Å²) >= 11 is 0. The van der Waals surface area contributed by atoms with E-state index in [4.69, 9.17) is 0 Å². The standard InChI is InChI=1S/C21H26N4O4S/c26-20(24-10-4-1-5-11-24)17-8-2-3-9-18(17)23-30(28,29)16-14-19(22-15-16)21(27)25-12-6-7-13-25/h2-3,8-9,14-15,22-23H,1,4-7,10-13H2. The van der Waals surface area contributed by atoms with Crippen molar-refractivity contribution in [2.75, 3.05) is 30.9 Å². The van der Waals surface area contributed by atoms with Crippen LogP contribution >= 0.6 is 0 Å². The van der Waals surface area contributed by atoms with Gasteiger partial charge < -0.3 is 14.8 Å². The maximum Gasteiger partial charge on any atom is 0.270 e. The van der Waals surface area contributed by atoms with Crippen LogP contribution in [0.5, 0.6) is 0 Å². The summed E-state index contributed by atoms with van der Waals surface area (Å²) in [5.74, 6) is -0.374. The van der Waals surface area contributed by atoms with Gasteiger partial charge in [0.2, 0.25) is 0 Å². The Labute approximate surface area is 176 Å². The van der Waals surface area contributed by atoms with Crippen molar-refractivity contribution >= 4 is 27.5 Å². The van der Waals surface area contributed by atoms with E-state index < -0.39 is 10.0 Å². The average molecular weight is 431 g/mol. The molecule has 4 rings (SSSR count). The highest BCUT2D eigenvalue weighted by atomic mass is 32.2. The molecule has 0 atom stereocenters. The minimum Gasteiger partial charge on any atom is -0.356 e. The van der Waals surface area contributed by atoms with Gasteiger partial charge in [0.05, 0.1) is 11.3 Å². The smallest absolute Gasteiger partial charge is 0.270 e. The summed E-state index contributed by atoms with van der Waals surface area (Å²) in [5, 5.41) is 0. The van der Waals surface area contributed by atoms with E-state index in [9.17, 15) is 18.0 Å². The largest absolute Gasteiger partial charge is 0.356 e. The van der Waals surface area contributed by atoms with Gasteiger partial charge in [0.15, 0.2) is 0 Å². The lowest BCUT2D eigenvalue weighted by atomic mass is 10.1. The third-order valence-electron chi connectivity index (χ3n) is 5.64. The van der Waals surface area contributed by atoms with Crippen LogP contribution in [-0.4, -0.2) is 61.2 Å². The summed E-state index contributed by atoms with van der Waals surface area (Å²) < 4.78 is 28.4. The molecule has 0 bridgehead atoms. The van der Waals surface area contributed by atoms with Gasteiger partial charge >= 0.3 is 0 Å². The Hall–Kier alpha value is -2.81. The van der Waals surface area contributed by atoms with Crippen LogP contribution in [0.25, 0.3) is 0 Å². The molecular weight excluding hydrogens is 404 g/mol. The number of rotatable bonds is 5. The molecular formula is C21H26N4O4S. The molecule has 0 radical (unpaired) electrons. The fourth-order valence-corrected chi connectivity index (χ4v) is 5.05. The first kappa shape index (κ1) is 20.5. The van der Waals surface area contributed by atoms with Crippen molar-refractivity contribution in [1.82, 2.24) is 14.8 Å². The van der Waals surface area contributed by atoms with Crippen molar-refractivity contribution in [3.8, 4) is 0 Å². The number of hydrogen-bond donors (Lipinski definition) is 2. The molecule has 2 aliphatic rings. The predicted molar refractivity (Wildman–Crippen MR) is 113 cm³/mol. The molecule has 2 fully saturated rings. The fourth-order valence-electron chi connectivity index (χ4n) is 3.97. The topological polar surface area (TPSA) is 103 Å². The summed E-state index contributed by atoms with van der Waals surface area (Å²) in [4.78, 5) is 31.6. The third-order valence-corrected chi connectivity index (χ3v) is 6.98. The molecule has 8 nitrogen and oxygen atoms in total. The SMILES string of the molecule is O=C(c1cc(S(=O)(=O)Nc2ccccc2C(=O)N2CCCCC2)c[nH]1)N1CCCC1. The molecule has 3 heterocycles. The van der Waals surface area contributed by atoms with Crippen molar-refractivity contribution in [2.45, 2.75) is 37.0 Å². The zero-order valence-corrected chi connectivity index (χ0v) is 17.6. The molecule has 2 amide bonds. The Kier molecular flexibility index (Phi) is 5.80. The number of carbonyl (C=O) groups is 2. The summed E-state index contributed by atoms with van der Waals surface area (Å²) in [6.45, 7) is 2.73. The van der Waals surface area contributed by atoms with Gasteiger partial charge in [0, 0.05) is 32.4 Å². The van der Waals surface area contributed by atoms with E-state index >= 15 is 0 Å². The second-order valence-electron chi connectivity index (χ2n) is 7.75. The Morgan fingerprint density at radius 3 is 2.17 bits per heavy atom. The number of benzene rings is 1. The second-order valence-corrected chi connectivity index (χ2v) is 9.43. The number of nitrogens with zero attached hydrogens (tertiary/aromatic N) is 2.